The molecule has 0 atom stereocenters. The largest absolute Gasteiger partial charge is 0.507 e. The first-order valence-corrected chi connectivity index (χ1v) is 8.29. The number of nitrogens with zero attached hydrogens (tertiary/aromatic N) is 5. The second kappa shape index (κ2) is 7.29. The van der Waals surface area contributed by atoms with Gasteiger partial charge in [0.2, 0.25) is 0 Å². The highest BCUT2D eigenvalue weighted by Gasteiger charge is 2.09. The van der Waals surface area contributed by atoms with Crippen LogP contribution < -0.4 is 5.32 Å². The number of rotatable bonds is 6. The van der Waals surface area contributed by atoms with Gasteiger partial charge in [-0.1, -0.05) is 12.1 Å². The molecule has 0 fully saturated rings. The third-order valence-electron chi connectivity index (χ3n) is 3.81. The monoisotopic (exact) mass is 338 g/mol. The minimum absolute atomic E-state index is 0.177. The van der Waals surface area contributed by atoms with Crippen LogP contribution in [-0.4, -0.2) is 36.4 Å². The molecule has 0 bridgehead atoms. The van der Waals surface area contributed by atoms with E-state index in [0.717, 1.165) is 42.7 Å². The Morgan fingerprint density at radius 3 is 2.60 bits per heavy atom. The standard InChI is InChI=1S/C18H22N6O/c1-12-11-17(19-9-6-10-24-14(3)21-13(2)23-24)22-18(20-12)15-7-4-5-8-16(15)25/h4-5,7-8,11,25H,6,9-10H2,1-3H3,(H,19,20,22). The number of hydrogen-bond acceptors (Lipinski definition) is 6. The average Bonchev–Trinajstić information content (AvgIpc) is 2.89. The van der Waals surface area contributed by atoms with Gasteiger partial charge >= 0.3 is 0 Å². The summed E-state index contributed by atoms with van der Waals surface area (Å²) in [4.78, 5) is 13.2. The Balaban J connectivity index is 1.65. The van der Waals surface area contributed by atoms with Crippen LogP contribution in [0.15, 0.2) is 30.3 Å². The Morgan fingerprint density at radius 1 is 1.08 bits per heavy atom. The van der Waals surface area contributed by atoms with E-state index in [2.05, 4.69) is 25.4 Å². The molecule has 2 heterocycles. The summed E-state index contributed by atoms with van der Waals surface area (Å²) in [5.41, 5.74) is 1.47. The van der Waals surface area contributed by atoms with Crippen LogP contribution in [-0.2, 0) is 6.54 Å². The zero-order valence-electron chi connectivity index (χ0n) is 14.7. The number of phenols is 1. The zero-order chi connectivity index (χ0) is 17.8. The van der Waals surface area contributed by atoms with Crippen molar-refractivity contribution in [3.8, 4) is 17.1 Å². The lowest BCUT2D eigenvalue weighted by molar-refractivity contribution is 0.477. The topological polar surface area (TPSA) is 88.8 Å². The van der Waals surface area contributed by atoms with Crippen LogP contribution in [0.4, 0.5) is 5.82 Å². The van der Waals surface area contributed by atoms with Gasteiger partial charge in [0.05, 0.1) is 5.56 Å². The first-order valence-electron chi connectivity index (χ1n) is 8.29. The van der Waals surface area contributed by atoms with Gasteiger partial charge in [0.25, 0.3) is 0 Å². The average molecular weight is 338 g/mol. The number of hydrogen-bond donors (Lipinski definition) is 2. The minimum Gasteiger partial charge on any atom is -0.507 e. The van der Waals surface area contributed by atoms with Gasteiger partial charge in [-0.3, -0.25) is 4.68 Å². The highest BCUT2D eigenvalue weighted by Crippen LogP contribution is 2.26. The predicted molar refractivity (Wildman–Crippen MR) is 96.5 cm³/mol. The number of phenolic OH excluding ortho intramolecular Hbond substituents is 1. The maximum atomic E-state index is 10.00. The summed E-state index contributed by atoms with van der Waals surface area (Å²) in [5, 5.41) is 17.7. The summed E-state index contributed by atoms with van der Waals surface area (Å²) >= 11 is 0. The number of nitrogens with one attached hydrogen (secondary N) is 1. The number of aryl methyl sites for hydroxylation is 4. The predicted octanol–water partition coefficient (Wildman–Crippen LogP) is 2.87. The highest BCUT2D eigenvalue weighted by atomic mass is 16.3. The summed E-state index contributed by atoms with van der Waals surface area (Å²) < 4.78 is 1.91. The number of aromatic nitrogens is 5. The molecule has 7 nitrogen and oxygen atoms in total. The SMILES string of the molecule is Cc1cc(NCCCn2nc(C)nc2C)nc(-c2ccccc2O)n1. The Kier molecular flexibility index (Phi) is 4.92. The fourth-order valence-electron chi connectivity index (χ4n) is 2.66. The molecule has 130 valence electrons. The van der Waals surface area contributed by atoms with E-state index in [0.29, 0.717) is 11.4 Å². The second-order valence-electron chi connectivity index (χ2n) is 5.95. The minimum atomic E-state index is 0.177. The normalized spacial score (nSPS) is 10.8. The lowest BCUT2D eigenvalue weighted by Gasteiger charge is -2.10. The van der Waals surface area contributed by atoms with E-state index in [1.807, 2.05) is 43.7 Å². The maximum absolute atomic E-state index is 10.00. The molecule has 3 rings (SSSR count). The number of anilines is 1. The van der Waals surface area contributed by atoms with Gasteiger partial charge in [-0.15, -0.1) is 0 Å². The molecule has 2 aromatic heterocycles. The van der Waals surface area contributed by atoms with Crippen LogP contribution >= 0.6 is 0 Å². The summed E-state index contributed by atoms with van der Waals surface area (Å²) in [6.07, 6.45) is 0.901. The number of para-hydroxylation sites is 1. The molecule has 0 aliphatic carbocycles. The Morgan fingerprint density at radius 2 is 1.88 bits per heavy atom. The van der Waals surface area contributed by atoms with Crippen molar-refractivity contribution in [2.45, 2.75) is 33.7 Å². The fraction of sp³-hybridized carbons (Fsp3) is 0.333. The highest BCUT2D eigenvalue weighted by molar-refractivity contribution is 5.64. The van der Waals surface area contributed by atoms with Crippen molar-refractivity contribution in [2.75, 3.05) is 11.9 Å². The van der Waals surface area contributed by atoms with Gasteiger partial charge in [-0.2, -0.15) is 5.10 Å². The Bertz CT molecular complexity index is 874. The molecule has 0 saturated heterocycles. The van der Waals surface area contributed by atoms with Crippen LogP contribution in [0.1, 0.15) is 23.8 Å². The second-order valence-corrected chi connectivity index (χ2v) is 5.95. The smallest absolute Gasteiger partial charge is 0.165 e. The first-order chi connectivity index (χ1) is 12.0. The van der Waals surface area contributed by atoms with Crippen molar-refractivity contribution in [1.29, 1.82) is 0 Å². The van der Waals surface area contributed by atoms with E-state index in [1.54, 1.807) is 12.1 Å². The number of aromatic hydroxyl groups is 1. The molecule has 0 aliphatic heterocycles. The third-order valence-corrected chi connectivity index (χ3v) is 3.81. The lowest BCUT2D eigenvalue weighted by atomic mass is 10.2. The molecule has 0 amide bonds. The van der Waals surface area contributed by atoms with Gasteiger partial charge in [-0.25, -0.2) is 15.0 Å². The van der Waals surface area contributed by atoms with E-state index >= 15 is 0 Å². The van der Waals surface area contributed by atoms with E-state index in [4.69, 9.17) is 0 Å². The molecule has 0 unspecified atom stereocenters. The van der Waals surface area contributed by atoms with Crippen LogP contribution in [0.5, 0.6) is 5.75 Å². The van der Waals surface area contributed by atoms with Crippen molar-refractivity contribution in [3.63, 3.8) is 0 Å². The quantitative estimate of drug-likeness (QED) is 0.672. The molecule has 0 aliphatic rings. The zero-order valence-corrected chi connectivity index (χ0v) is 14.7. The molecule has 7 heteroatoms. The van der Waals surface area contributed by atoms with E-state index < -0.39 is 0 Å². The van der Waals surface area contributed by atoms with Crippen molar-refractivity contribution in [1.82, 2.24) is 24.7 Å². The summed E-state index contributed by atoms with van der Waals surface area (Å²) in [7, 11) is 0. The molecular weight excluding hydrogens is 316 g/mol. The van der Waals surface area contributed by atoms with E-state index in [-0.39, 0.29) is 5.75 Å². The lowest BCUT2D eigenvalue weighted by Crippen LogP contribution is -2.10. The van der Waals surface area contributed by atoms with Crippen molar-refractivity contribution in [2.24, 2.45) is 0 Å². The molecular formula is C18H22N6O. The Labute approximate surface area is 146 Å². The van der Waals surface area contributed by atoms with Crippen LogP contribution in [0.2, 0.25) is 0 Å². The van der Waals surface area contributed by atoms with Crippen molar-refractivity contribution >= 4 is 5.82 Å². The van der Waals surface area contributed by atoms with Crippen LogP contribution in [0.25, 0.3) is 11.4 Å². The molecule has 25 heavy (non-hydrogen) atoms. The van der Waals surface area contributed by atoms with Gasteiger partial charge in [-0.05, 0) is 39.3 Å². The van der Waals surface area contributed by atoms with Crippen molar-refractivity contribution in [3.05, 3.63) is 47.7 Å². The summed E-state index contributed by atoms with van der Waals surface area (Å²) in [6.45, 7) is 7.33. The maximum Gasteiger partial charge on any atom is 0.165 e. The summed E-state index contributed by atoms with van der Waals surface area (Å²) in [5.74, 6) is 3.16. The molecule has 3 aromatic rings. The number of benzene rings is 1. The van der Waals surface area contributed by atoms with Gasteiger partial charge < -0.3 is 10.4 Å². The van der Waals surface area contributed by atoms with Crippen LogP contribution in [0.3, 0.4) is 0 Å². The van der Waals surface area contributed by atoms with Gasteiger partial charge in [0.15, 0.2) is 5.82 Å². The van der Waals surface area contributed by atoms with Gasteiger partial charge in [0, 0.05) is 24.8 Å². The summed E-state index contributed by atoms with van der Waals surface area (Å²) in [6, 6.07) is 8.98. The van der Waals surface area contributed by atoms with E-state index in [1.165, 1.54) is 0 Å². The van der Waals surface area contributed by atoms with Gasteiger partial charge in [0.1, 0.15) is 23.2 Å². The van der Waals surface area contributed by atoms with Crippen LogP contribution in [0, 0.1) is 20.8 Å². The molecule has 2 N–H and O–H groups in total. The fourth-order valence-corrected chi connectivity index (χ4v) is 2.66. The van der Waals surface area contributed by atoms with E-state index in [9.17, 15) is 5.11 Å². The third kappa shape index (κ3) is 4.12. The Hall–Kier alpha value is -2.96. The molecule has 0 spiro atoms. The first kappa shape index (κ1) is 16.9. The molecule has 0 radical (unpaired) electrons. The van der Waals surface area contributed by atoms with Crippen molar-refractivity contribution < 1.29 is 5.11 Å². The molecule has 0 saturated carbocycles. The molecule has 1 aromatic carbocycles.